The van der Waals surface area contributed by atoms with Crippen LogP contribution in [0.4, 0.5) is 0 Å². The van der Waals surface area contributed by atoms with E-state index in [9.17, 15) is 10.2 Å². The standard InChI is InChI=1S/C13H18ClNO2/c14-11-9-10(3-4-13(11)17)12(16)5-8-15-6-1-2-7-15/h3-4,9,12,16-17H,1-2,5-8H2. The summed E-state index contributed by atoms with van der Waals surface area (Å²) in [6, 6.07) is 4.87. The molecule has 3 nitrogen and oxygen atoms in total. The zero-order valence-electron chi connectivity index (χ0n) is 9.77. The Morgan fingerprint density at radius 2 is 2.00 bits per heavy atom. The van der Waals surface area contributed by atoms with Crippen molar-refractivity contribution in [1.29, 1.82) is 0 Å². The molecule has 1 fully saturated rings. The average molecular weight is 256 g/mol. The summed E-state index contributed by atoms with van der Waals surface area (Å²) in [6.45, 7) is 3.20. The molecular weight excluding hydrogens is 238 g/mol. The second-order valence-electron chi connectivity index (χ2n) is 4.56. The summed E-state index contributed by atoms with van der Waals surface area (Å²) in [7, 11) is 0. The molecule has 1 atom stereocenters. The molecule has 0 radical (unpaired) electrons. The first kappa shape index (κ1) is 12.7. The Balaban J connectivity index is 1.89. The van der Waals surface area contributed by atoms with Gasteiger partial charge in [-0.1, -0.05) is 17.7 Å². The van der Waals surface area contributed by atoms with Crippen molar-refractivity contribution in [1.82, 2.24) is 4.90 Å². The molecule has 0 spiro atoms. The van der Waals surface area contributed by atoms with E-state index in [1.165, 1.54) is 18.9 Å². The van der Waals surface area contributed by atoms with Crippen molar-refractivity contribution in [3.05, 3.63) is 28.8 Å². The van der Waals surface area contributed by atoms with E-state index in [1.807, 2.05) is 0 Å². The Labute approximate surface area is 107 Å². The van der Waals surface area contributed by atoms with E-state index in [0.717, 1.165) is 25.2 Å². The summed E-state index contributed by atoms with van der Waals surface area (Å²) in [6.07, 6.45) is 2.73. The fourth-order valence-electron chi connectivity index (χ4n) is 2.21. The molecule has 0 saturated carbocycles. The summed E-state index contributed by atoms with van der Waals surface area (Å²) in [5.74, 6) is 0.0576. The summed E-state index contributed by atoms with van der Waals surface area (Å²) in [4.78, 5) is 2.37. The van der Waals surface area contributed by atoms with Gasteiger partial charge >= 0.3 is 0 Å². The monoisotopic (exact) mass is 255 g/mol. The molecule has 2 N–H and O–H groups in total. The lowest BCUT2D eigenvalue weighted by molar-refractivity contribution is 0.149. The van der Waals surface area contributed by atoms with E-state index < -0.39 is 6.10 Å². The Morgan fingerprint density at radius 3 is 2.65 bits per heavy atom. The minimum atomic E-state index is -0.506. The van der Waals surface area contributed by atoms with E-state index in [0.29, 0.717) is 11.4 Å². The van der Waals surface area contributed by atoms with Gasteiger partial charge in [-0.05, 0) is 50.0 Å². The molecule has 4 heteroatoms. The molecule has 1 aliphatic heterocycles. The number of aliphatic hydroxyl groups excluding tert-OH is 1. The fraction of sp³-hybridized carbons (Fsp3) is 0.538. The molecule has 0 bridgehead atoms. The second kappa shape index (κ2) is 5.71. The van der Waals surface area contributed by atoms with Crippen molar-refractivity contribution in [2.45, 2.75) is 25.4 Å². The molecule has 1 unspecified atom stereocenters. The van der Waals surface area contributed by atoms with Gasteiger partial charge in [0.25, 0.3) is 0 Å². The highest BCUT2D eigenvalue weighted by molar-refractivity contribution is 6.32. The van der Waals surface area contributed by atoms with Crippen LogP contribution in [0.2, 0.25) is 5.02 Å². The number of hydrogen-bond donors (Lipinski definition) is 2. The normalized spacial score (nSPS) is 18.5. The molecule has 0 amide bonds. The number of halogens is 1. The van der Waals surface area contributed by atoms with Crippen LogP contribution in [0.25, 0.3) is 0 Å². The number of hydrogen-bond acceptors (Lipinski definition) is 3. The molecule has 1 saturated heterocycles. The van der Waals surface area contributed by atoms with Crippen LogP contribution >= 0.6 is 11.6 Å². The van der Waals surface area contributed by atoms with Crippen molar-refractivity contribution in [2.24, 2.45) is 0 Å². The van der Waals surface area contributed by atoms with Crippen LogP contribution in [0.3, 0.4) is 0 Å². The number of rotatable bonds is 4. The third kappa shape index (κ3) is 3.35. The van der Waals surface area contributed by atoms with Crippen LogP contribution in [-0.4, -0.2) is 34.7 Å². The number of likely N-dealkylation sites (tertiary alicyclic amines) is 1. The van der Waals surface area contributed by atoms with Gasteiger partial charge in [0, 0.05) is 6.54 Å². The molecule has 17 heavy (non-hydrogen) atoms. The van der Waals surface area contributed by atoms with Gasteiger partial charge in [-0.2, -0.15) is 0 Å². The minimum absolute atomic E-state index is 0.0576. The van der Waals surface area contributed by atoms with Gasteiger partial charge in [0.2, 0.25) is 0 Å². The largest absolute Gasteiger partial charge is 0.506 e. The van der Waals surface area contributed by atoms with Crippen molar-refractivity contribution >= 4 is 11.6 Å². The Bertz CT molecular complexity index is 378. The highest BCUT2D eigenvalue weighted by Crippen LogP contribution is 2.28. The first-order valence-electron chi connectivity index (χ1n) is 6.05. The fourth-order valence-corrected chi connectivity index (χ4v) is 2.40. The SMILES string of the molecule is Oc1ccc(C(O)CCN2CCCC2)cc1Cl. The molecular formula is C13H18ClNO2. The van der Waals surface area contributed by atoms with Gasteiger partial charge in [-0.25, -0.2) is 0 Å². The number of aromatic hydroxyl groups is 1. The molecule has 1 aromatic rings. The van der Waals surface area contributed by atoms with E-state index in [-0.39, 0.29) is 5.75 Å². The van der Waals surface area contributed by atoms with Crippen LogP contribution in [0.5, 0.6) is 5.75 Å². The minimum Gasteiger partial charge on any atom is -0.506 e. The third-order valence-corrected chi connectivity index (χ3v) is 3.58. The van der Waals surface area contributed by atoms with Gasteiger partial charge in [-0.3, -0.25) is 0 Å². The first-order valence-corrected chi connectivity index (χ1v) is 6.43. The Hall–Kier alpha value is -0.770. The van der Waals surface area contributed by atoms with Gasteiger partial charge in [0.05, 0.1) is 11.1 Å². The highest BCUT2D eigenvalue weighted by Gasteiger charge is 2.15. The van der Waals surface area contributed by atoms with Crippen LogP contribution in [0.15, 0.2) is 18.2 Å². The smallest absolute Gasteiger partial charge is 0.134 e. The second-order valence-corrected chi connectivity index (χ2v) is 4.97. The van der Waals surface area contributed by atoms with Crippen molar-refractivity contribution < 1.29 is 10.2 Å². The molecule has 1 aromatic carbocycles. The molecule has 94 valence electrons. The van der Waals surface area contributed by atoms with Crippen molar-refractivity contribution in [3.8, 4) is 5.75 Å². The van der Waals surface area contributed by atoms with E-state index >= 15 is 0 Å². The maximum atomic E-state index is 10.0. The van der Waals surface area contributed by atoms with E-state index in [2.05, 4.69) is 4.90 Å². The summed E-state index contributed by atoms with van der Waals surface area (Å²) in [5, 5.41) is 19.6. The topological polar surface area (TPSA) is 43.7 Å². The first-order chi connectivity index (χ1) is 8.16. The quantitative estimate of drug-likeness (QED) is 0.869. The van der Waals surface area contributed by atoms with Gasteiger partial charge in [0.15, 0.2) is 0 Å². The number of phenolic OH excluding ortho intramolecular Hbond substituents is 1. The van der Waals surface area contributed by atoms with Gasteiger partial charge < -0.3 is 15.1 Å². The lowest BCUT2D eigenvalue weighted by atomic mass is 10.1. The number of aliphatic hydroxyl groups is 1. The summed E-state index contributed by atoms with van der Waals surface area (Å²) < 4.78 is 0. The molecule has 1 heterocycles. The van der Waals surface area contributed by atoms with Crippen LogP contribution < -0.4 is 0 Å². The summed E-state index contributed by atoms with van der Waals surface area (Å²) >= 11 is 5.81. The highest BCUT2D eigenvalue weighted by atomic mass is 35.5. The van der Waals surface area contributed by atoms with Crippen LogP contribution in [-0.2, 0) is 0 Å². The predicted octanol–water partition coefficient (Wildman–Crippen LogP) is 2.56. The molecule has 2 rings (SSSR count). The number of nitrogens with zero attached hydrogens (tertiary/aromatic N) is 1. The van der Waals surface area contributed by atoms with Gasteiger partial charge in [0.1, 0.15) is 5.75 Å². The predicted molar refractivity (Wildman–Crippen MR) is 68.4 cm³/mol. The van der Waals surface area contributed by atoms with Crippen LogP contribution in [0.1, 0.15) is 30.9 Å². The zero-order chi connectivity index (χ0) is 12.3. The van der Waals surface area contributed by atoms with Gasteiger partial charge in [-0.15, -0.1) is 0 Å². The van der Waals surface area contributed by atoms with Crippen LogP contribution in [0, 0.1) is 0 Å². The molecule has 1 aliphatic rings. The lowest BCUT2D eigenvalue weighted by Crippen LogP contribution is -2.22. The Kier molecular flexibility index (Phi) is 4.26. The average Bonchev–Trinajstić information content (AvgIpc) is 2.82. The Morgan fingerprint density at radius 1 is 1.29 bits per heavy atom. The maximum Gasteiger partial charge on any atom is 0.134 e. The maximum absolute atomic E-state index is 10.0. The van der Waals surface area contributed by atoms with E-state index in [4.69, 9.17) is 11.6 Å². The van der Waals surface area contributed by atoms with Crippen molar-refractivity contribution in [3.63, 3.8) is 0 Å². The zero-order valence-corrected chi connectivity index (χ0v) is 10.5. The number of phenols is 1. The number of benzene rings is 1. The molecule has 0 aliphatic carbocycles. The van der Waals surface area contributed by atoms with Crippen molar-refractivity contribution in [2.75, 3.05) is 19.6 Å². The van der Waals surface area contributed by atoms with E-state index in [1.54, 1.807) is 12.1 Å². The lowest BCUT2D eigenvalue weighted by Gasteiger charge is -2.17. The summed E-state index contributed by atoms with van der Waals surface area (Å²) in [5.41, 5.74) is 0.770. The third-order valence-electron chi connectivity index (χ3n) is 3.27. The molecule has 0 aromatic heterocycles.